The molecule has 180 valence electrons. The molecule has 2 atom stereocenters. The zero-order chi connectivity index (χ0) is 24.3. The van der Waals surface area contributed by atoms with Crippen molar-refractivity contribution in [3.05, 3.63) is 78.4 Å². The molecule has 1 aliphatic rings. The summed E-state index contributed by atoms with van der Waals surface area (Å²) in [4.78, 5) is 13.2. The Labute approximate surface area is 206 Å². The summed E-state index contributed by atoms with van der Waals surface area (Å²) in [5, 5.41) is 2.81. The van der Waals surface area contributed by atoms with E-state index in [-0.39, 0.29) is 30.0 Å². The van der Waals surface area contributed by atoms with Gasteiger partial charge < -0.3 is 14.8 Å². The van der Waals surface area contributed by atoms with Crippen LogP contribution >= 0.6 is 11.7 Å². The lowest BCUT2D eigenvalue weighted by atomic mass is 10.1. The third-order valence-electron chi connectivity index (χ3n) is 5.51. The van der Waals surface area contributed by atoms with Crippen LogP contribution < -0.4 is 19.5 Å². The third kappa shape index (κ3) is 5.26. The predicted molar refractivity (Wildman–Crippen MR) is 131 cm³/mol. The van der Waals surface area contributed by atoms with Crippen LogP contribution in [0.4, 0.5) is 0 Å². The number of nitrogens with one attached hydrogen (secondary N) is 2. The predicted octanol–water partition coefficient (Wildman–Crippen LogP) is 2.54. The monoisotopic (exact) mass is 510 g/mol. The summed E-state index contributed by atoms with van der Waals surface area (Å²) in [7, 11) is -4.07. The van der Waals surface area contributed by atoms with Crippen LogP contribution in [0.25, 0.3) is 11.0 Å². The standard InChI is InChI=1S/C24H22N4O5S2/c29-24(25-14-17-15-32-20-10-4-5-11-21(20)33-17)19(13-16-7-2-1-3-8-16)28-35(30,31)22-12-6-9-18-23(22)27-34-26-18/h1-12,17,19,28H,13-15H2,(H,25,29). The molecule has 9 nitrogen and oxygen atoms in total. The summed E-state index contributed by atoms with van der Waals surface area (Å²) in [6.45, 7) is 0.428. The first kappa shape index (κ1) is 23.2. The maximum absolute atomic E-state index is 13.3. The molecule has 0 saturated heterocycles. The molecular formula is C24H22N4O5S2. The average Bonchev–Trinajstić information content (AvgIpc) is 3.36. The van der Waals surface area contributed by atoms with Gasteiger partial charge in [-0.15, -0.1) is 0 Å². The molecule has 0 aliphatic carbocycles. The summed E-state index contributed by atoms with van der Waals surface area (Å²) in [6.07, 6.45) is -0.236. The highest BCUT2D eigenvalue weighted by atomic mass is 32.2. The summed E-state index contributed by atoms with van der Waals surface area (Å²) >= 11 is 0.933. The number of amides is 1. The molecule has 0 bridgehead atoms. The van der Waals surface area contributed by atoms with Crippen molar-refractivity contribution in [2.75, 3.05) is 13.2 Å². The fraction of sp³-hybridized carbons (Fsp3) is 0.208. The molecule has 3 aromatic carbocycles. The second-order valence-corrected chi connectivity index (χ2v) is 10.2. The molecule has 0 fully saturated rings. The third-order valence-corrected chi connectivity index (χ3v) is 7.55. The maximum atomic E-state index is 13.3. The number of carbonyl (C=O) groups is 1. The highest BCUT2D eigenvalue weighted by molar-refractivity contribution is 7.89. The van der Waals surface area contributed by atoms with Crippen LogP contribution in [-0.4, -0.2) is 48.4 Å². The van der Waals surface area contributed by atoms with E-state index in [1.807, 2.05) is 48.5 Å². The number of nitrogens with zero attached hydrogens (tertiary/aromatic N) is 2. The normalized spacial score (nSPS) is 16.1. The van der Waals surface area contributed by atoms with Crippen LogP contribution in [0.2, 0.25) is 0 Å². The minimum Gasteiger partial charge on any atom is -0.486 e. The molecule has 1 amide bonds. The lowest BCUT2D eigenvalue weighted by Crippen LogP contribution is -2.50. The average molecular weight is 511 g/mol. The second kappa shape index (κ2) is 9.98. The lowest BCUT2D eigenvalue weighted by Gasteiger charge is -2.27. The van der Waals surface area contributed by atoms with Gasteiger partial charge in [0.2, 0.25) is 15.9 Å². The van der Waals surface area contributed by atoms with Gasteiger partial charge in [-0.3, -0.25) is 4.79 Å². The number of hydrogen-bond acceptors (Lipinski definition) is 8. The molecule has 35 heavy (non-hydrogen) atoms. The minimum atomic E-state index is -4.07. The van der Waals surface area contributed by atoms with Crippen molar-refractivity contribution in [3.8, 4) is 11.5 Å². The van der Waals surface area contributed by atoms with E-state index in [1.54, 1.807) is 18.2 Å². The highest BCUT2D eigenvalue weighted by Gasteiger charge is 2.29. The van der Waals surface area contributed by atoms with Crippen LogP contribution in [0.5, 0.6) is 11.5 Å². The Bertz CT molecular complexity index is 1440. The summed E-state index contributed by atoms with van der Waals surface area (Å²) in [6, 6.07) is 20.2. The van der Waals surface area contributed by atoms with Gasteiger partial charge in [0, 0.05) is 0 Å². The fourth-order valence-electron chi connectivity index (χ4n) is 3.79. The molecule has 0 saturated carbocycles. The Morgan fingerprint density at radius 2 is 1.77 bits per heavy atom. The van der Waals surface area contributed by atoms with Crippen LogP contribution in [-0.2, 0) is 21.2 Å². The molecular weight excluding hydrogens is 488 g/mol. The quantitative estimate of drug-likeness (QED) is 0.374. The molecule has 0 radical (unpaired) electrons. The molecule has 11 heteroatoms. The van der Waals surface area contributed by atoms with Crippen molar-refractivity contribution in [3.63, 3.8) is 0 Å². The number of ether oxygens (including phenoxy) is 2. The Kier molecular flexibility index (Phi) is 6.62. The molecule has 2 heterocycles. The zero-order valence-electron chi connectivity index (χ0n) is 18.5. The molecule has 0 spiro atoms. The highest BCUT2D eigenvalue weighted by Crippen LogP contribution is 2.30. The van der Waals surface area contributed by atoms with Crippen LogP contribution in [0.3, 0.4) is 0 Å². The summed E-state index contributed by atoms with van der Waals surface area (Å²) in [5.74, 6) is 0.781. The van der Waals surface area contributed by atoms with E-state index in [0.29, 0.717) is 17.0 Å². The van der Waals surface area contributed by atoms with Crippen LogP contribution in [0.15, 0.2) is 77.7 Å². The van der Waals surface area contributed by atoms with Gasteiger partial charge >= 0.3 is 0 Å². The zero-order valence-corrected chi connectivity index (χ0v) is 20.1. The van der Waals surface area contributed by atoms with E-state index in [2.05, 4.69) is 18.8 Å². The maximum Gasteiger partial charge on any atom is 0.243 e. The fourth-order valence-corrected chi connectivity index (χ4v) is 5.75. The topological polar surface area (TPSA) is 120 Å². The summed E-state index contributed by atoms with van der Waals surface area (Å²) in [5.41, 5.74) is 1.57. The summed E-state index contributed by atoms with van der Waals surface area (Å²) < 4.78 is 49.0. The SMILES string of the molecule is O=C(NCC1COc2ccccc2O1)C(Cc1ccccc1)NS(=O)(=O)c1cccc2nsnc12. The first-order valence-corrected chi connectivity index (χ1v) is 13.1. The minimum absolute atomic E-state index is 0.0183. The number of sulfonamides is 1. The number of carbonyl (C=O) groups excluding carboxylic acids is 1. The van der Waals surface area contributed by atoms with Crippen molar-refractivity contribution in [2.24, 2.45) is 0 Å². The number of aromatic nitrogens is 2. The van der Waals surface area contributed by atoms with Gasteiger partial charge in [-0.05, 0) is 36.2 Å². The van der Waals surface area contributed by atoms with Gasteiger partial charge in [0.25, 0.3) is 0 Å². The van der Waals surface area contributed by atoms with Gasteiger partial charge in [0.1, 0.15) is 34.7 Å². The van der Waals surface area contributed by atoms with E-state index < -0.39 is 28.1 Å². The van der Waals surface area contributed by atoms with Crippen molar-refractivity contribution >= 4 is 38.7 Å². The van der Waals surface area contributed by atoms with Gasteiger partial charge in [-0.25, -0.2) is 8.42 Å². The van der Waals surface area contributed by atoms with Gasteiger partial charge in [-0.1, -0.05) is 48.5 Å². The first-order chi connectivity index (χ1) is 17.0. The molecule has 1 aliphatic heterocycles. The Balaban J connectivity index is 1.33. The van der Waals surface area contributed by atoms with Crippen LogP contribution in [0.1, 0.15) is 5.56 Å². The number of fused-ring (bicyclic) bond motifs is 2. The van der Waals surface area contributed by atoms with Crippen molar-refractivity contribution in [2.45, 2.75) is 23.5 Å². The van der Waals surface area contributed by atoms with Crippen molar-refractivity contribution in [1.82, 2.24) is 18.8 Å². The Morgan fingerprint density at radius 1 is 1.00 bits per heavy atom. The Morgan fingerprint density at radius 3 is 2.60 bits per heavy atom. The van der Waals surface area contributed by atoms with E-state index in [9.17, 15) is 13.2 Å². The van der Waals surface area contributed by atoms with Gasteiger partial charge in [0.15, 0.2) is 11.5 Å². The molecule has 5 rings (SSSR count). The van der Waals surface area contributed by atoms with E-state index in [4.69, 9.17) is 9.47 Å². The largest absolute Gasteiger partial charge is 0.486 e. The number of hydrogen-bond donors (Lipinski definition) is 2. The molecule has 4 aromatic rings. The van der Waals surface area contributed by atoms with Crippen molar-refractivity contribution in [1.29, 1.82) is 0 Å². The molecule has 1 aromatic heterocycles. The lowest BCUT2D eigenvalue weighted by molar-refractivity contribution is -0.123. The van der Waals surface area contributed by atoms with Crippen molar-refractivity contribution < 1.29 is 22.7 Å². The van der Waals surface area contributed by atoms with E-state index in [0.717, 1.165) is 17.3 Å². The Hall–Kier alpha value is -3.54. The van der Waals surface area contributed by atoms with Gasteiger partial charge in [-0.2, -0.15) is 13.5 Å². The van der Waals surface area contributed by atoms with Crippen LogP contribution in [0, 0.1) is 0 Å². The van der Waals surface area contributed by atoms with E-state index >= 15 is 0 Å². The molecule has 2 N–H and O–H groups in total. The van der Waals surface area contributed by atoms with E-state index in [1.165, 1.54) is 6.07 Å². The second-order valence-electron chi connectivity index (χ2n) is 7.99. The smallest absolute Gasteiger partial charge is 0.243 e. The van der Waals surface area contributed by atoms with Gasteiger partial charge in [0.05, 0.1) is 18.3 Å². The first-order valence-electron chi connectivity index (χ1n) is 10.9. The number of benzene rings is 3. The molecule has 2 unspecified atom stereocenters. The number of para-hydroxylation sites is 2. The number of rotatable bonds is 8.